The number of benzene rings is 2. The largest absolute Gasteiger partial charge is 0.467 e. The molecular weight excluding hydrogens is 480 g/mol. The molecule has 33 heavy (non-hydrogen) atoms. The van der Waals surface area contributed by atoms with Crippen LogP contribution in [0.1, 0.15) is 27.9 Å². The first-order valence-corrected chi connectivity index (χ1v) is 10.8. The summed E-state index contributed by atoms with van der Waals surface area (Å²) in [6.07, 6.45) is -10.9. The van der Waals surface area contributed by atoms with Crippen molar-refractivity contribution in [2.24, 2.45) is 0 Å². The third kappa shape index (κ3) is 6.94. The molecule has 0 aliphatic rings. The predicted octanol–water partition coefficient (Wildman–Crippen LogP) is 3.86. The average Bonchev–Trinajstić information content (AvgIpc) is 2.75. The monoisotopic (exact) mass is 497 g/mol. The normalized spacial score (nSPS) is 13.3. The van der Waals surface area contributed by atoms with Crippen LogP contribution in [0.3, 0.4) is 0 Å². The molecule has 0 bridgehead atoms. The fourth-order valence-electron chi connectivity index (χ4n) is 2.74. The van der Waals surface area contributed by atoms with E-state index in [-0.39, 0.29) is 23.1 Å². The van der Waals surface area contributed by atoms with Crippen molar-refractivity contribution < 1.29 is 49.1 Å². The van der Waals surface area contributed by atoms with E-state index in [1.165, 1.54) is 24.3 Å². The Morgan fingerprint density at radius 2 is 1.45 bits per heavy atom. The SMILES string of the molecule is COC(=O)[C@H](CCS(=O)(=O)c1ccccc1)NC(=O)c1cc(C(F)(F)F)cc(C(F)(F)F)c1. The van der Waals surface area contributed by atoms with E-state index in [0.29, 0.717) is 0 Å². The number of sulfone groups is 1. The van der Waals surface area contributed by atoms with Gasteiger partial charge in [0.2, 0.25) is 0 Å². The first-order chi connectivity index (χ1) is 15.1. The Kier molecular flexibility index (Phi) is 7.78. The number of rotatable bonds is 7. The second kappa shape index (κ2) is 9.81. The molecule has 0 saturated carbocycles. The molecular formula is C20H17F6NO5S. The molecule has 0 aliphatic heterocycles. The summed E-state index contributed by atoms with van der Waals surface area (Å²) >= 11 is 0. The molecule has 0 spiro atoms. The average molecular weight is 497 g/mol. The van der Waals surface area contributed by atoms with Crippen LogP contribution in [0.4, 0.5) is 26.3 Å². The smallest absolute Gasteiger partial charge is 0.416 e. The number of esters is 1. The summed E-state index contributed by atoms with van der Waals surface area (Å²) in [5.41, 5.74) is -4.45. The van der Waals surface area contributed by atoms with Gasteiger partial charge in [0.25, 0.3) is 5.91 Å². The van der Waals surface area contributed by atoms with E-state index in [9.17, 15) is 44.3 Å². The lowest BCUT2D eigenvalue weighted by atomic mass is 10.0. The fourth-order valence-corrected chi connectivity index (χ4v) is 4.09. The summed E-state index contributed by atoms with van der Waals surface area (Å²) in [5, 5.41) is 1.95. The number of alkyl halides is 6. The van der Waals surface area contributed by atoms with E-state index < -0.39 is 69.0 Å². The predicted molar refractivity (Wildman–Crippen MR) is 103 cm³/mol. The van der Waals surface area contributed by atoms with Gasteiger partial charge in [0, 0.05) is 5.56 Å². The number of nitrogens with one attached hydrogen (secondary N) is 1. The zero-order valence-electron chi connectivity index (χ0n) is 16.8. The van der Waals surface area contributed by atoms with Gasteiger partial charge in [0.15, 0.2) is 9.84 Å². The Hall–Kier alpha value is -3.09. The van der Waals surface area contributed by atoms with E-state index in [0.717, 1.165) is 7.11 Å². The van der Waals surface area contributed by atoms with Gasteiger partial charge in [-0.1, -0.05) is 18.2 Å². The van der Waals surface area contributed by atoms with Gasteiger partial charge < -0.3 is 10.1 Å². The van der Waals surface area contributed by atoms with Crippen LogP contribution in [0.15, 0.2) is 53.4 Å². The molecule has 0 aromatic heterocycles. The fraction of sp³-hybridized carbons (Fsp3) is 0.300. The molecule has 13 heteroatoms. The molecule has 2 aromatic carbocycles. The maximum atomic E-state index is 13.0. The Morgan fingerprint density at radius 1 is 0.939 bits per heavy atom. The zero-order valence-corrected chi connectivity index (χ0v) is 17.6. The van der Waals surface area contributed by atoms with Crippen molar-refractivity contribution in [1.29, 1.82) is 0 Å². The Morgan fingerprint density at radius 3 is 1.91 bits per heavy atom. The molecule has 0 heterocycles. The number of ether oxygens (including phenoxy) is 1. The maximum absolute atomic E-state index is 13.0. The van der Waals surface area contributed by atoms with Gasteiger partial charge in [-0.15, -0.1) is 0 Å². The number of amides is 1. The highest BCUT2D eigenvalue weighted by Gasteiger charge is 2.38. The number of hydrogen-bond acceptors (Lipinski definition) is 5. The molecule has 1 amide bonds. The highest BCUT2D eigenvalue weighted by Crippen LogP contribution is 2.36. The molecule has 0 unspecified atom stereocenters. The van der Waals surface area contributed by atoms with Gasteiger partial charge in [-0.05, 0) is 36.8 Å². The number of halogens is 6. The minimum atomic E-state index is -5.18. The lowest BCUT2D eigenvalue weighted by Crippen LogP contribution is -2.42. The second-order valence-electron chi connectivity index (χ2n) is 6.76. The van der Waals surface area contributed by atoms with Crippen LogP contribution in [-0.2, 0) is 31.7 Å². The van der Waals surface area contributed by atoms with Gasteiger partial charge >= 0.3 is 18.3 Å². The summed E-state index contributed by atoms with van der Waals surface area (Å²) in [5.74, 6) is -3.23. The van der Waals surface area contributed by atoms with Crippen molar-refractivity contribution in [2.45, 2.75) is 29.7 Å². The van der Waals surface area contributed by atoms with Crippen molar-refractivity contribution in [3.63, 3.8) is 0 Å². The molecule has 1 atom stereocenters. The van der Waals surface area contributed by atoms with E-state index in [1.54, 1.807) is 6.07 Å². The standard InChI is InChI=1S/C20H17F6NO5S/c1-32-18(29)16(7-8-33(30,31)15-5-3-2-4-6-15)27-17(28)12-9-13(19(21,22)23)11-14(10-12)20(24,25)26/h2-6,9-11,16H,7-8H2,1H3,(H,27,28)/t16-/m0/s1. The van der Waals surface area contributed by atoms with Crippen molar-refractivity contribution in [3.8, 4) is 0 Å². The van der Waals surface area contributed by atoms with Crippen LogP contribution in [0.25, 0.3) is 0 Å². The molecule has 0 saturated heterocycles. The highest BCUT2D eigenvalue weighted by molar-refractivity contribution is 7.91. The number of hydrogen-bond donors (Lipinski definition) is 1. The van der Waals surface area contributed by atoms with E-state index in [2.05, 4.69) is 4.74 Å². The van der Waals surface area contributed by atoms with Crippen molar-refractivity contribution in [1.82, 2.24) is 5.32 Å². The summed E-state index contributed by atoms with van der Waals surface area (Å²) in [6, 6.07) is 5.66. The molecule has 2 aromatic rings. The van der Waals surface area contributed by atoms with Crippen LogP contribution in [-0.4, -0.2) is 39.2 Å². The van der Waals surface area contributed by atoms with Gasteiger partial charge in [0.1, 0.15) is 6.04 Å². The third-order valence-electron chi connectivity index (χ3n) is 4.42. The lowest BCUT2D eigenvalue weighted by Gasteiger charge is -2.18. The van der Waals surface area contributed by atoms with E-state index in [1.807, 2.05) is 5.32 Å². The van der Waals surface area contributed by atoms with Gasteiger partial charge in [-0.25, -0.2) is 13.2 Å². The molecule has 0 aliphatic carbocycles. The van der Waals surface area contributed by atoms with Crippen molar-refractivity contribution in [3.05, 3.63) is 65.2 Å². The van der Waals surface area contributed by atoms with Gasteiger partial charge in [0.05, 0.1) is 28.9 Å². The molecule has 0 radical (unpaired) electrons. The van der Waals surface area contributed by atoms with Crippen LogP contribution in [0.2, 0.25) is 0 Å². The van der Waals surface area contributed by atoms with E-state index >= 15 is 0 Å². The Labute approximate surface area is 184 Å². The Bertz CT molecular complexity index is 1080. The van der Waals surface area contributed by atoms with Crippen LogP contribution in [0.5, 0.6) is 0 Å². The van der Waals surface area contributed by atoms with Crippen LogP contribution in [0, 0.1) is 0 Å². The first kappa shape index (κ1) is 26.2. The summed E-state index contributed by atoms with van der Waals surface area (Å²) < 4.78 is 107. The molecule has 180 valence electrons. The maximum Gasteiger partial charge on any atom is 0.416 e. The van der Waals surface area contributed by atoms with Crippen molar-refractivity contribution in [2.75, 3.05) is 12.9 Å². The van der Waals surface area contributed by atoms with Crippen LogP contribution >= 0.6 is 0 Å². The first-order valence-electron chi connectivity index (χ1n) is 9.11. The number of methoxy groups -OCH3 is 1. The second-order valence-corrected chi connectivity index (χ2v) is 8.87. The highest BCUT2D eigenvalue weighted by atomic mass is 32.2. The summed E-state index contributed by atoms with van der Waals surface area (Å²) in [6.45, 7) is 0. The number of carbonyl (C=O) groups is 2. The van der Waals surface area contributed by atoms with Gasteiger partial charge in [-0.2, -0.15) is 26.3 Å². The van der Waals surface area contributed by atoms with Crippen LogP contribution < -0.4 is 5.32 Å². The van der Waals surface area contributed by atoms with E-state index in [4.69, 9.17) is 0 Å². The Balaban J connectivity index is 2.31. The minimum absolute atomic E-state index is 0.0763. The van der Waals surface area contributed by atoms with Crippen molar-refractivity contribution >= 4 is 21.7 Å². The molecule has 2 rings (SSSR count). The van der Waals surface area contributed by atoms with Gasteiger partial charge in [-0.3, -0.25) is 4.79 Å². The summed E-state index contributed by atoms with van der Waals surface area (Å²) in [4.78, 5) is 24.3. The lowest BCUT2D eigenvalue weighted by molar-refractivity contribution is -0.144. The zero-order chi connectivity index (χ0) is 25.0. The molecule has 1 N–H and O–H groups in total. The topological polar surface area (TPSA) is 89.5 Å². The minimum Gasteiger partial charge on any atom is -0.467 e. The number of carbonyl (C=O) groups excluding carboxylic acids is 2. The molecule has 6 nitrogen and oxygen atoms in total. The molecule has 0 fully saturated rings. The quantitative estimate of drug-likeness (QED) is 0.464. The third-order valence-corrected chi connectivity index (χ3v) is 6.18. The summed E-state index contributed by atoms with van der Waals surface area (Å²) in [7, 11) is -2.99.